The van der Waals surface area contributed by atoms with Gasteiger partial charge in [0.25, 0.3) is 0 Å². The number of carbonyl (C=O) groups is 1. The smallest absolute Gasteiger partial charge is 0.331 e. The van der Waals surface area contributed by atoms with Gasteiger partial charge in [-0.25, -0.2) is 4.79 Å². The monoisotopic (exact) mass is 420 g/mol. The van der Waals surface area contributed by atoms with Gasteiger partial charge in [-0.3, -0.25) is 4.79 Å². The molecule has 3 rings (SSSR count). The second kappa shape index (κ2) is 10.8. The molecule has 0 fully saturated rings. The number of rotatable bonds is 9. The summed E-state index contributed by atoms with van der Waals surface area (Å²) in [5.74, 6) is 0.498. The van der Waals surface area contributed by atoms with Crippen molar-refractivity contribution in [3.05, 3.63) is 100 Å². The Hall–Kier alpha value is -3.80. The molecule has 0 aliphatic carbocycles. The summed E-state index contributed by atoms with van der Waals surface area (Å²) in [5.41, 5.74) is 1.40. The molecule has 0 radical (unpaired) electrons. The van der Waals surface area contributed by atoms with Gasteiger partial charge in [0.2, 0.25) is 11.2 Å². The summed E-state index contributed by atoms with van der Waals surface area (Å²) in [6, 6.07) is 18.1. The van der Waals surface area contributed by atoms with Crippen molar-refractivity contribution < 1.29 is 23.4 Å². The van der Waals surface area contributed by atoms with Crippen LogP contribution < -0.4 is 14.9 Å². The average molecular weight is 420 g/mol. The molecule has 1 heterocycles. The van der Waals surface area contributed by atoms with Crippen LogP contribution in [0.25, 0.3) is 6.08 Å². The molecule has 160 valence electrons. The number of carbonyl (C=O) groups excluding carboxylic acids is 1. The summed E-state index contributed by atoms with van der Waals surface area (Å²) in [5, 5.41) is 0. The van der Waals surface area contributed by atoms with E-state index in [1.54, 1.807) is 6.08 Å². The van der Waals surface area contributed by atoms with Crippen molar-refractivity contribution in [2.75, 3.05) is 0 Å². The first-order valence-electron chi connectivity index (χ1n) is 9.89. The molecule has 0 atom stereocenters. The Morgan fingerprint density at radius 2 is 1.84 bits per heavy atom. The van der Waals surface area contributed by atoms with Crippen LogP contribution in [0.4, 0.5) is 0 Å². The van der Waals surface area contributed by atoms with Crippen LogP contribution in [-0.2, 0) is 22.7 Å². The minimum atomic E-state index is -0.553. The van der Waals surface area contributed by atoms with E-state index in [0.29, 0.717) is 0 Å². The number of benzene rings is 2. The molecule has 0 amide bonds. The summed E-state index contributed by atoms with van der Waals surface area (Å²) in [7, 11) is 0. The van der Waals surface area contributed by atoms with Gasteiger partial charge in [0.05, 0.1) is 6.10 Å². The fraction of sp³-hybridized carbons (Fsp3) is 0.200. The van der Waals surface area contributed by atoms with Crippen LogP contribution >= 0.6 is 0 Å². The predicted octanol–water partition coefficient (Wildman–Crippen LogP) is 4.76. The van der Waals surface area contributed by atoms with Gasteiger partial charge in [0, 0.05) is 12.1 Å². The largest absolute Gasteiger partial charge is 0.491 e. The Morgan fingerprint density at radius 1 is 1.03 bits per heavy atom. The van der Waals surface area contributed by atoms with Crippen molar-refractivity contribution in [1.82, 2.24) is 0 Å². The molecule has 0 bridgehead atoms. The molecule has 1 aromatic heterocycles. The summed E-state index contributed by atoms with van der Waals surface area (Å²) in [6.45, 7) is 3.99. The van der Waals surface area contributed by atoms with Gasteiger partial charge in [0.15, 0.2) is 0 Å². The quantitative estimate of drug-likeness (QED) is 0.367. The minimum Gasteiger partial charge on any atom is -0.491 e. The summed E-state index contributed by atoms with van der Waals surface area (Å²) in [6.07, 6.45) is 4.23. The zero-order valence-corrected chi connectivity index (χ0v) is 17.4. The molecule has 0 saturated carbocycles. The first-order valence-corrected chi connectivity index (χ1v) is 9.89. The molecule has 0 aliphatic rings. The Morgan fingerprint density at radius 3 is 2.58 bits per heavy atom. The fourth-order valence-corrected chi connectivity index (χ4v) is 2.67. The molecule has 6 heteroatoms. The molecule has 2 aromatic carbocycles. The Bertz CT molecular complexity index is 1080. The van der Waals surface area contributed by atoms with Crippen molar-refractivity contribution in [1.29, 1.82) is 0 Å². The second-order valence-electron chi connectivity index (χ2n) is 7.03. The molecule has 0 saturated heterocycles. The van der Waals surface area contributed by atoms with Crippen molar-refractivity contribution in [3.8, 4) is 11.5 Å². The van der Waals surface area contributed by atoms with E-state index in [1.807, 2.05) is 68.4 Å². The summed E-state index contributed by atoms with van der Waals surface area (Å²) < 4.78 is 21.6. The first kappa shape index (κ1) is 21.9. The predicted molar refractivity (Wildman–Crippen MR) is 117 cm³/mol. The highest BCUT2D eigenvalue weighted by Crippen LogP contribution is 2.16. The topological polar surface area (TPSA) is 75.0 Å². The lowest BCUT2D eigenvalue weighted by atomic mass is 10.2. The minimum absolute atomic E-state index is 0.0639. The fourth-order valence-electron chi connectivity index (χ4n) is 2.67. The van der Waals surface area contributed by atoms with E-state index in [9.17, 15) is 9.59 Å². The molecule has 0 aliphatic heterocycles. The maximum absolute atomic E-state index is 12.2. The lowest BCUT2D eigenvalue weighted by molar-refractivity contribution is -0.139. The van der Waals surface area contributed by atoms with Crippen molar-refractivity contribution in [2.24, 2.45) is 0 Å². The van der Waals surface area contributed by atoms with E-state index in [4.69, 9.17) is 18.6 Å². The zero-order valence-electron chi connectivity index (χ0n) is 17.4. The van der Waals surface area contributed by atoms with Gasteiger partial charge in [0.1, 0.15) is 31.0 Å². The molecule has 0 unspecified atom stereocenters. The van der Waals surface area contributed by atoms with Crippen LogP contribution in [0.2, 0.25) is 0 Å². The van der Waals surface area contributed by atoms with E-state index in [-0.39, 0.29) is 36.3 Å². The highest BCUT2D eigenvalue weighted by molar-refractivity contribution is 5.87. The number of hydrogen-bond donors (Lipinski definition) is 0. The standard InChI is InChI=1S/C25H24O6/c1-18(2)31-21-10-6-9-19(13-21)11-12-25(27)30-16-22-14-23(26)24(17-28-22)29-15-20-7-4-3-5-8-20/h3-14,17-18H,15-16H2,1-2H3/b12-11+. The lowest BCUT2D eigenvalue weighted by Crippen LogP contribution is -2.09. The van der Waals surface area contributed by atoms with E-state index < -0.39 is 5.97 Å². The van der Waals surface area contributed by atoms with Crippen LogP contribution in [0.1, 0.15) is 30.7 Å². The van der Waals surface area contributed by atoms with E-state index in [2.05, 4.69) is 0 Å². The molecule has 0 N–H and O–H groups in total. The molecular formula is C25H24O6. The van der Waals surface area contributed by atoms with Crippen LogP contribution in [0.5, 0.6) is 11.5 Å². The summed E-state index contributed by atoms with van der Waals surface area (Å²) >= 11 is 0. The molecule has 31 heavy (non-hydrogen) atoms. The third kappa shape index (κ3) is 7.19. The maximum atomic E-state index is 12.2. The van der Waals surface area contributed by atoms with Crippen molar-refractivity contribution in [2.45, 2.75) is 33.2 Å². The van der Waals surface area contributed by atoms with Crippen LogP contribution in [0.15, 0.2) is 82.2 Å². The second-order valence-corrected chi connectivity index (χ2v) is 7.03. The third-order valence-corrected chi connectivity index (χ3v) is 4.09. The molecule has 6 nitrogen and oxygen atoms in total. The van der Waals surface area contributed by atoms with Crippen LogP contribution in [0.3, 0.4) is 0 Å². The normalized spacial score (nSPS) is 10.9. The van der Waals surface area contributed by atoms with Crippen molar-refractivity contribution >= 4 is 12.0 Å². The van der Waals surface area contributed by atoms with Gasteiger partial charge in [-0.2, -0.15) is 0 Å². The third-order valence-electron chi connectivity index (χ3n) is 4.09. The number of esters is 1. The van der Waals surface area contributed by atoms with Gasteiger partial charge in [-0.1, -0.05) is 42.5 Å². The number of hydrogen-bond acceptors (Lipinski definition) is 6. The Balaban J connectivity index is 1.51. The average Bonchev–Trinajstić information content (AvgIpc) is 2.76. The van der Waals surface area contributed by atoms with E-state index in [1.165, 1.54) is 18.4 Å². The highest BCUT2D eigenvalue weighted by Gasteiger charge is 2.07. The zero-order chi connectivity index (χ0) is 22.1. The van der Waals surface area contributed by atoms with E-state index >= 15 is 0 Å². The van der Waals surface area contributed by atoms with Gasteiger partial charge in [-0.05, 0) is 43.2 Å². The van der Waals surface area contributed by atoms with E-state index in [0.717, 1.165) is 16.9 Å². The molecule has 3 aromatic rings. The maximum Gasteiger partial charge on any atom is 0.331 e. The molecule has 0 spiro atoms. The van der Waals surface area contributed by atoms with Crippen LogP contribution in [0, 0.1) is 0 Å². The highest BCUT2D eigenvalue weighted by atomic mass is 16.5. The summed E-state index contributed by atoms with van der Waals surface area (Å²) in [4.78, 5) is 24.2. The Kier molecular flexibility index (Phi) is 7.65. The SMILES string of the molecule is CC(C)Oc1cccc(/C=C/C(=O)OCc2cc(=O)c(OCc3ccccc3)co2)c1. The Labute approximate surface area is 180 Å². The van der Waals surface area contributed by atoms with Gasteiger partial charge < -0.3 is 18.6 Å². The van der Waals surface area contributed by atoms with Crippen LogP contribution in [-0.4, -0.2) is 12.1 Å². The first-order chi connectivity index (χ1) is 15.0. The number of ether oxygens (including phenoxy) is 3. The van der Waals surface area contributed by atoms with Gasteiger partial charge in [-0.15, -0.1) is 0 Å². The van der Waals surface area contributed by atoms with Gasteiger partial charge >= 0.3 is 5.97 Å². The molecular weight excluding hydrogens is 396 g/mol. The lowest BCUT2D eigenvalue weighted by Gasteiger charge is -2.09. The van der Waals surface area contributed by atoms with Crippen molar-refractivity contribution in [3.63, 3.8) is 0 Å².